The lowest BCUT2D eigenvalue weighted by atomic mass is 10.0. The Morgan fingerprint density at radius 1 is 0.333 bits per heavy atom. The van der Waals surface area contributed by atoms with Gasteiger partial charge in [0, 0.05) is 12.8 Å². The molecule has 0 saturated carbocycles. The van der Waals surface area contributed by atoms with Gasteiger partial charge in [0.25, 0.3) is 0 Å². The molecular weight excluding hydrogens is 817 g/mol. The minimum Gasteiger partial charge on any atom is -0.462 e. The van der Waals surface area contributed by atoms with Crippen LogP contribution in [-0.2, 0) is 28.6 Å². The van der Waals surface area contributed by atoms with Gasteiger partial charge < -0.3 is 14.2 Å². The Morgan fingerprint density at radius 3 is 1.06 bits per heavy atom. The van der Waals surface area contributed by atoms with E-state index in [2.05, 4.69) is 106 Å². The van der Waals surface area contributed by atoms with Gasteiger partial charge in [0.05, 0.1) is 6.42 Å². The lowest BCUT2D eigenvalue weighted by molar-refractivity contribution is -0.166. The van der Waals surface area contributed by atoms with E-state index in [0.717, 1.165) is 96.3 Å². The molecule has 0 aliphatic rings. The van der Waals surface area contributed by atoms with Gasteiger partial charge in [-0.05, 0) is 77.0 Å². The molecule has 0 aromatic heterocycles. The fourth-order valence-electron chi connectivity index (χ4n) is 7.35. The molecule has 0 rings (SSSR count). The smallest absolute Gasteiger partial charge is 0.309 e. The lowest BCUT2D eigenvalue weighted by Crippen LogP contribution is -2.30. The number of carbonyl (C=O) groups is 3. The van der Waals surface area contributed by atoms with Gasteiger partial charge in [-0.2, -0.15) is 0 Å². The molecule has 0 bridgehead atoms. The minimum atomic E-state index is -0.820. The zero-order valence-electron chi connectivity index (χ0n) is 42.9. The van der Waals surface area contributed by atoms with Gasteiger partial charge in [0.1, 0.15) is 13.2 Å². The maximum absolute atomic E-state index is 12.8. The van der Waals surface area contributed by atoms with Crippen LogP contribution in [0, 0.1) is 0 Å². The Balaban J connectivity index is 4.50. The van der Waals surface area contributed by atoms with Crippen LogP contribution < -0.4 is 0 Å². The van der Waals surface area contributed by atoms with Crippen LogP contribution in [0.1, 0.15) is 245 Å². The van der Waals surface area contributed by atoms with Crippen LogP contribution in [0.2, 0.25) is 0 Å². The summed E-state index contributed by atoms with van der Waals surface area (Å²) >= 11 is 0. The predicted octanol–water partition coefficient (Wildman–Crippen LogP) is 18.1. The third kappa shape index (κ3) is 51.3. The van der Waals surface area contributed by atoms with Crippen molar-refractivity contribution in [3.8, 4) is 0 Å². The average Bonchev–Trinajstić information content (AvgIpc) is 3.31. The predicted molar refractivity (Wildman–Crippen MR) is 284 cm³/mol. The molecule has 66 heavy (non-hydrogen) atoms. The van der Waals surface area contributed by atoms with Crippen molar-refractivity contribution in [2.45, 2.75) is 252 Å². The van der Waals surface area contributed by atoms with Crippen LogP contribution >= 0.6 is 0 Å². The zero-order valence-corrected chi connectivity index (χ0v) is 42.9. The molecule has 0 spiro atoms. The topological polar surface area (TPSA) is 78.9 Å². The summed E-state index contributed by atoms with van der Waals surface area (Å²) in [6.45, 7) is 6.33. The lowest BCUT2D eigenvalue weighted by Gasteiger charge is -2.18. The molecule has 0 fully saturated rings. The van der Waals surface area contributed by atoms with Crippen molar-refractivity contribution in [2.24, 2.45) is 0 Å². The number of esters is 3. The van der Waals surface area contributed by atoms with E-state index < -0.39 is 12.1 Å². The third-order valence-electron chi connectivity index (χ3n) is 11.4. The zero-order chi connectivity index (χ0) is 47.9. The van der Waals surface area contributed by atoms with Crippen molar-refractivity contribution in [3.63, 3.8) is 0 Å². The first-order chi connectivity index (χ1) is 32.5. The maximum Gasteiger partial charge on any atom is 0.309 e. The molecule has 0 heterocycles. The normalized spacial score (nSPS) is 12.8. The standard InChI is InChI=1S/C60H100O6/c1-4-7-10-13-16-19-22-25-28-30-33-35-38-41-44-47-50-53-59(62)65-56-57(55-64-58(61)52-49-46-43-40-37-34-31-27-24-21-18-15-12-9-6-3)66-60(63)54-51-48-45-42-39-36-32-29-26-23-20-17-14-11-8-5-2/h7,9-10,12,16,18-19,21,25,27-28,31,37,40,46,49,57H,4-6,8,11,13-15,17,20,22-24,26,29-30,32-36,38-39,41-45,47-48,50-56H2,1-3H3/b10-7-,12-9-,19-16-,21-18-,28-25-,31-27-,40-37-,49-46-. The largest absolute Gasteiger partial charge is 0.462 e. The Hall–Kier alpha value is -3.67. The Bertz CT molecular complexity index is 1330. The Kier molecular flexibility index (Phi) is 50.9. The molecule has 0 aliphatic carbocycles. The van der Waals surface area contributed by atoms with Crippen molar-refractivity contribution < 1.29 is 28.6 Å². The van der Waals surface area contributed by atoms with Gasteiger partial charge >= 0.3 is 17.9 Å². The van der Waals surface area contributed by atoms with Crippen LogP contribution in [0.25, 0.3) is 0 Å². The summed E-state index contributed by atoms with van der Waals surface area (Å²) < 4.78 is 16.7. The molecule has 0 aromatic carbocycles. The summed E-state index contributed by atoms with van der Waals surface area (Å²) in [7, 11) is 0. The van der Waals surface area contributed by atoms with Crippen molar-refractivity contribution in [1.29, 1.82) is 0 Å². The maximum atomic E-state index is 12.8. The second kappa shape index (κ2) is 53.9. The Morgan fingerprint density at radius 2 is 0.652 bits per heavy atom. The summed E-state index contributed by atoms with van der Waals surface area (Å²) in [4.78, 5) is 38.0. The molecule has 1 unspecified atom stereocenters. The van der Waals surface area contributed by atoms with Gasteiger partial charge in [-0.3, -0.25) is 14.4 Å². The van der Waals surface area contributed by atoms with E-state index in [9.17, 15) is 14.4 Å². The molecule has 0 amide bonds. The first-order valence-corrected chi connectivity index (χ1v) is 27.2. The van der Waals surface area contributed by atoms with Crippen LogP contribution in [0.3, 0.4) is 0 Å². The van der Waals surface area contributed by atoms with Crippen LogP contribution in [-0.4, -0.2) is 37.2 Å². The fraction of sp³-hybridized carbons (Fsp3) is 0.683. The second-order valence-corrected chi connectivity index (χ2v) is 17.8. The van der Waals surface area contributed by atoms with Crippen molar-refractivity contribution in [3.05, 3.63) is 97.2 Å². The molecule has 0 aliphatic heterocycles. The molecular formula is C60H100O6. The molecule has 1 atom stereocenters. The molecule has 0 saturated heterocycles. The highest BCUT2D eigenvalue weighted by molar-refractivity contribution is 5.72. The number of hydrogen-bond donors (Lipinski definition) is 0. The molecule has 6 heteroatoms. The number of carbonyl (C=O) groups excluding carboxylic acids is 3. The van der Waals surface area contributed by atoms with E-state index in [-0.39, 0.29) is 31.6 Å². The van der Waals surface area contributed by atoms with E-state index in [1.807, 2.05) is 6.08 Å². The quantitative estimate of drug-likeness (QED) is 0.0262. The van der Waals surface area contributed by atoms with Gasteiger partial charge in [0.15, 0.2) is 6.10 Å². The highest BCUT2D eigenvalue weighted by Gasteiger charge is 2.19. The summed E-state index contributed by atoms with van der Waals surface area (Å²) in [5, 5.41) is 0. The summed E-state index contributed by atoms with van der Waals surface area (Å²) in [6.07, 6.45) is 71.3. The van der Waals surface area contributed by atoms with Gasteiger partial charge in [0.2, 0.25) is 0 Å². The molecule has 0 N–H and O–H groups in total. The van der Waals surface area contributed by atoms with Crippen LogP contribution in [0.4, 0.5) is 0 Å². The highest BCUT2D eigenvalue weighted by Crippen LogP contribution is 2.15. The summed E-state index contributed by atoms with van der Waals surface area (Å²) in [6, 6.07) is 0. The van der Waals surface area contributed by atoms with Crippen molar-refractivity contribution in [1.82, 2.24) is 0 Å². The summed E-state index contributed by atoms with van der Waals surface area (Å²) in [5.74, 6) is -1.05. The fourth-order valence-corrected chi connectivity index (χ4v) is 7.35. The van der Waals surface area contributed by atoms with E-state index >= 15 is 0 Å². The van der Waals surface area contributed by atoms with Crippen LogP contribution in [0.5, 0.6) is 0 Å². The first kappa shape index (κ1) is 62.3. The third-order valence-corrected chi connectivity index (χ3v) is 11.4. The first-order valence-electron chi connectivity index (χ1n) is 27.2. The average molecular weight is 917 g/mol. The van der Waals surface area contributed by atoms with Gasteiger partial charge in [-0.15, -0.1) is 0 Å². The van der Waals surface area contributed by atoms with Crippen molar-refractivity contribution in [2.75, 3.05) is 13.2 Å². The van der Waals surface area contributed by atoms with E-state index in [1.165, 1.54) is 109 Å². The minimum absolute atomic E-state index is 0.112. The number of unbranched alkanes of at least 4 members (excludes halogenated alkanes) is 22. The molecule has 0 aromatic rings. The molecule has 0 radical (unpaired) electrons. The van der Waals surface area contributed by atoms with E-state index in [0.29, 0.717) is 12.8 Å². The molecule has 6 nitrogen and oxygen atoms in total. The second-order valence-electron chi connectivity index (χ2n) is 17.8. The monoisotopic (exact) mass is 917 g/mol. The van der Waals surface area contributed by atoms with Crippen LogP contribution in [0.15, 0.2) is 97.2 Å². The number of allylic oxidation sites excluding steroid dienone is 15. The highest BCUT2D eigenvalue weighted by atomic mass is 16.6. The number of ether oxygens (including phenoxy) is 3. The van der Waals surface area contributed by atoms with Gasteiger partial charge in [-0.25, -0.2) is 0 Å². The molecule has 376 valence electrons. The van der Waals surface area contributed by atoms with E-state index in [4.69, 9.17) is 14.2 Å². The Labute approximate surface area is 407 Å². The van der Waals surface area contributed by atoms with E-state index in [1.54, 1.807) is 6.08 Å². The number of rotatable bonds is 48. The SMILES string of the molecule is CC/C=C\C/C=C\C/C=C\C/C=C\C/C=C\CC(=O)OCC(COC(=O)CCCCCCCCC/C=C\C/C=C\C/C=C\CC)OC(=O)CCCCCCCCCCCCCCCCCC. The summed E-state index contributed by atoms with van der Waals surface area (Å²) in [5.41, 5.74) is 0. The van der Waals surface area contributed by atoms with Crippen molar-refractivity contribution >= 4 is 17.9 Å². The van der Waals surface area contributed by atoms with Gasteiger partial charge in [-0.1, -0.05) is 246 Å². The number of hydrogen-bond acceptors (Lipinski definition) is 6.